The molecule has 0 aliphatic carbocycles. The number of ether oxygens (including phenoxy) is 2. The smallest absolute Gasteiger partial charge is 0.317 e. The third kappa shape index (κ3) is 35.4. The van der Waals surface area contributed by atoms with Gasteiger partial charge in [0, 0.05) is 135 Å². The lowest BCUT2D eigenvalue weighted by Crippen LogP contribution is -2.44. The maximum atomic E-state index is 12.0. The molecule has 96 heavy (non-hydrogen) atoms. The number of hydrogen-bond acceptors (Lipinski definition) is 20. The molecule has 4 aromatic carbocycles. The van der Waals surface area contributed by atoms with Crippen LogP contribution in [-0.4, -0.2) is 227 Å². The zero-order valence-electron chi connectivity index (χ0n) is 51.9. The fourth-order valence-electron chi connectivity index (χ4n) is 11.4. The molecular weight excluding hydrogens is 1220 g/mol. The number of Topliss-reactive ketones (excluding diaryl/α,β-unsaturated/α-hetero) is 2. The van der Waals surface area contributed by atoms with Gasteiger partial charge in [-0.2, -0.15) is 0 Å². The summed E-state index contributed by atoms with van der Waals surface area (Å²) in [6, 6.07) is 40.7. The van der Waals surface area contributed by atoms with Gasteiger partial charge in [-0.05, 0) is 87.8 Å². The minimum atomic E-state index is -0.614. The average Bonchev–Trinajstić information content (AvgIpc) is 1.68. The summed E-state index contributed by atoms with van der Waals surface area (Å²) in [5.41, 5.74) is 4.94. The average molecular weight is 1360 g/mol. The van der Waals surface area contributed by atoms with Crippen molar-refractivity contribution in [3.05, 3.63) is 144 Å². The number of carbonyl (C=O) groups excluding carboxylic acids is 4. The molecule has 0 amide bonds. The minimum Gasteiger partial charge on any atom is -0.465 e. The van der Waals surface area contributed by atoms with Crippen molar-refractivity contribution in [2.24, 2.45) is 35.5 Å². The van der Waals surface area contributed by atoms with Crippen LogP contribution in [0.3, 0.4) is 0 Å². The van der Waals surface area contributed by atoms with Gasteiger partial charge in [0.2, 0.25) is 0 Å². The van der Waals surface area contributed by atoms with E-state index in [1.54, 1.807) is 13.8 Å². The van der Waals surface area contributed by atoms with Gasteiger partial charge < -0.3 is 61.0 Å². The van der Waals surface area contributed by atoms with Gasteiger partial charge in [-0.25, -0.2) is 0 Å². The Hall–Kier alpha value is -5.40. The highest BCUT2D eigenvalue weighted by molar-refractivity contribution is 6.00. The molecule has 10 rings (SSSR count). The number of rotatable bonds is 16. The van der Waals surface area contributed by atoms with E-state index < -0.39 is 11.8 Å². The molecule has 6 fully saturated rings. The number of esters is 2. The van der Waals surface area contributed by atoms with Crippen molar-refractivity contribution in [3.63, 3.8) is 0 Å². The number of aliphatic hydroxyl groups excluding tert-OH is 8. The Morgan fingerprint density at radius 3 is 1.20 bits per heavy atom. The molecule has 6 heterocycles. The van der Waals surface area contributed by atoms with Gasteiger partial charge in [0.25, 0.3) is 0 Å². The zero-order chi connectivity index (χ0) is 63.5. The molecule has 0 aromatic heterocycles. The van der Waals surface area contributed by atoms with E-state index in [1.165, 1.54) is 22.3 Å². The number of carbonyl (C=O) groups is 4. The number of nitrogens with one attached hydrogen (secondary N) is 2. The molecule has 10 atom stereocenters. The topological polar surface area (TPSA) is 286 Å². The molecule has 0 bridgehead atoms. The maximum absolute atomic E-state index is 12.0. The molecule has 20 heteroatoms. The predicted molar refractivity (Wildman–Crippen MR) is 391 cm³/mol. The summed E-state index contributed by atoms with van der Waals surface area (Å²) in [7, 11) is 0. The Balaban J connectivity index is -0.000000530. The predicted octanol–water partition coefficient (Wildman–Crippen LogP) is 7.99. The van der Waals surface area contributed by atoms with E-state index >= 15 is 0 Å². The third-order valence-electron chi connectivity index (χ3n) is 16.8. The van der Waals surface area contributed by atoms with Crippen molar-refractivity contribution >= 4 is 23.5 Å². The van der Waals surface area contributed by atoms with Gasteiger partial charge in [-0.3, -0.25) is 38.8 Å². The lowest BCUT2D eigenvalue weighted by atomic mass is 9.94. The van der Waals surface area contributed by atoms with Gasteiger partial charge in [-0.15, -0.1) is 0 Å². The van der Waals surface area contributed by atoms with Crippen LogP contribution in [0.5, 0.6) is 0 Å². The summed E-state index contributed by atoms with van der Waals surface area (Å²) >= 11 is 0. The van der Waals surface area contributed by atoms with Crippen LogP contribution >= 0.6 is 0 Å². The van der Waals surface area contributed by atoms with Crippen molar-refractivity contribution in [1.82, 2.24) is 30.2 Å². The molecule has 6 aliphatic rings. The Morgan fingerprint density at radius 2 is 0.792 bits per heavy atom. The number of hydrogen-bond donors (Lipinski definition) is 10. The highest BCUT2D eigenvalue weighted by Gasteiger charge is 2.35. The van der Waals surface area contributed by atoms with Gasteiger partial charge in [0.15, 0.2) is 5.78 Å². The first-order valence-electron chi connectivity index (χ1n) is 31.7. The maximum Gasteiger partial charge on any atom is 0.317 e. The van der Waals surface area contributed by atoms with E-state index in [1.807, 2.05) is 84.9 Å². The lowest BCUT2D eigenvalue weighted by molar-refractivity contribution is -0.155. The molecule has 0 spiro atoms. The fraction of sp³-hybridized carbons (Fsp3) is 0.632. The molecule has 10 N–H and O–H groups in total. The van der Waals surface area contributed by atoms with Crippen molar-refractivity contribution in [1.29, 1.82) is 0 Å². The van der Waals surface area contributed by atoms with Crippen molar-refractivity contribution in [2.75, 3.05) is 118 Å². The van der Waals surface area contributed by atoms with Crippen LogP contribution in [0.25, 0.3) is 0 Å². The summed E-state index contributed by atoms with van der Waals surface area (Å²) in [6.07, 6.45) is 2.92. The molecule has 20 nitrogen and oxygen atoms in total. The van der Waals surface area contributed by atoms with Gasteiger partial charge in [0.1, 0.15) is 17.6 Å². The molecule has 6 saturated heterocycles. The number of nitrogens with zero attached hydrogens (tertiary/aromatic N) is 4. The number of aliphatic hydroxyl groups is 8. The first kappa shape index (κ1) is 97.0. The highest BCUT2D eigenvalue weighted by Crippen LogP contribution is 2.22. The molecule has 552 valence electrons. The van der Waals surface area contributed by atoms with Crippen LogP contribution in [0.15, 0.2) is 121 Å². The van der Waals surface area contributed by atoms with E-state index in [2.05, 4.69) is 66.6 Å². The van der Waals surface area contributed by atoms with Crippen LogP contribution in [0.1, 0.15) is 134 Å². The Kier molecular flexibility index (Phi) is 56.0. The molecule has 6 aliphatic heterocycles. The summed E-state index contributed by atoms with van der Waals surface area (Å²) < 4.78 is 9.89. The molecule has 10 unspecified atom stereocenters. The largest absolute Gasteiger partial charge is 0.465 e. The molecular formula is C76H134N6O14. The summed E-state index contributed by atoms with van der Waals surface area (Å²) in [6.45, 7) is 16.6. The van der Waals surface area contributed by atoms with E-state index in [0.29, 0.717) is 58.8 Å². The Bertz CT molecular complexity index is 2510. The van der Waals surface area contributed by atoms with Crippen LogP contribution in [-0.2, 0) is 54.8 Å². The monoisotopic (exact) mass is 1350 g/mol. The van der Waals surface area contributed by atoms with E-state index in [9.17, 15) is 29.4 Å². The van der Waals surface area contributed by atoms with Crippen LogP contribution in [0.2, 0.25) is 0 Å². The second-order valence-electron chi connectivity index (χ2n) is 23.5. The number of benzene rings is 4. The lowest BCUT2D eigenvalue weighted by Gasteiger charge is -2.35. The zero-order valence-corrected chi connectivity index (χ0v) is 51.9. The Labute approximate surface area is 580 Å². The Morgan fingerprint density at radius 1 is 0.406 bits per heavy atom. The van der Waals surface area contributed by atoms with Gasteiger partial charge in [-0.1, -0.05) is 181 Å². The van der Waals surface area contributed by atoms with E-state index in [0.717, 1.165) is 97.7 Å². The van der Waals surface area contributed by atoms with Crippen molar-refractivity contribution in [3.8, 4) is 0 Å². The summed E-state index contributed by atoms with van der Waals surface area (Å²) in [5, 5.41) is 79.5. The second-order valence-corrected chi connectivity index (χ2v) is 23.5. The number of likely N-dealkylation sites (tertiary alicyclic amines) is 4. The quantitative estimate of drug-likeness (QED) is 0.0376. The van der Waals surface area contributed by atoms with Crippen LogP contribution < -0.4 is 10.6 Å². The van der Waals surface area contributed by atoms with Crippen molar-refractivity contribution < 1.29 is 69.5 Å². The summed E-state index contributed by atoms with van der Waals surface area (Å²) in [4.78, 5) is 55.8. The second kappa shape index (κ2) is 55.5. The van der Waals surface area contributed by atoms with Crippen LogP contribution in [0, 0.1) is 35.5 Å². The molecule has 4 aromatic rings. The van der Waals surface area contributed by atoms with Crippen LogP contribution in [0.4, 0.5) is 0 Å². The minimum absolute atomic E-state index is 0. The molecule has 0 saturated carbocycles. The number of ketones is 2. The van der Waals surface area contributed by atoms with Gasteiger partial charge in [0.05, 0.1) is 44.2 Å². The SMILES string of the molecule is C.C.C.C.C.C.C.C.CCOC(=O)C1CCN(Cc2ccccc2)CC1=O.CCOC(=O)C1CN(Cc2ccccc2)CCC1=O.OCC1CCN(Cc2ccccc2)CC1O.OCC1CCNCC1O.OCC1CN(Cc2ccccc2)CCC1O.OCC1CNCCC1O. The number of piperidine rings is 6. The first-order chi connectivity index (χ1) is 42.7. The summed E-state index contributed by atoms with van der Waals surface area (Å²) in [5.74, 6) is -1.72. The normalized spacial score (nSPS) is 23.9. The highest BCUT2D eigenvalue weighted by atomic mass is 16.5. The van der Waals surface area contributed by atoms with E-state index in [4.69, 9.17) is 40.1 Å². The van der Waals surface area contributed by atoms with Crippen molar-refractivity contribution in [2.45, 2.75) is 162 Å². The third-order valence-corrected chi connectivity index (χ3v) is 16.8. The first-order valence-corrected chi connectivity index (χ1v) is 31.7. The standard InChI is InChI=1S/2C15H19NO3.2C13H19NO2.2C6H13NO2.8CH4/c1-2-19-15(18)13-11-16(9-8-14(13)17)10-12-6-4-3-5-7-12;1-2-19-15(18)13-8-9-16(11-14(13)17)10-12-6-4-3-5-7-12;15-10-12-9-14(7-6-13(12)16)8-11-4-2-1-3-5-11;15-10-12-6-7-14(9-13(12)16)8-11-4-2-1-3-5-11;8-4-5-3-7-2-1-6(5)9;8-4-5-1-2-7-3-6(5)9;;;;;;;;/h2*3-7,13H,2,8-11H2,1H3;2*1-5,12-13,15-16H,6-10H2;2*5-9H,1-4H2;8*1H4. The molecule has 0 radical (unpaired) electrons. The fourth-order valence-corrected chi connectivity index (χ4v) is 11.4. The number of β-amino-alcohol motifs (C(OH)–C–C–N with tert-alkyl or cyclic N) is 2. The van der Waals surface area contributed by atoms with E-state index in [-0.39, 0.29) is 157 Å². The van der Waals surface area contributed by atoms with Gasteiger partial charge >= 0.3 is 11.9 Å².